The van der Waals surface area contributed by atoms with E-state index in [0.717, 1.165) is 22.7 Å². The average Bonchev–Trinajstić information content (AvgIpc) is 3.18. The van der Waals surface area contributed by atoms with E-state index in [0.29, 0.717) is 6.04 Å². The molecule has 0 radical (unpaired) electrons. The molecule has 1 atom stereocenters. The summed E-state index contributed by atoms with van der Waals surface area (Å²) in [6.45, 7) is 3.16. The van der Waals surface area contributed by atoms with Crippen molar-refractivity contribution in [1.82, 2.24) is 5.32 Å². The zero-order valence-electron chi connectivity index (χ0n) is 11.2. The Labute approximate surface area is 118 Å². The molecule has 1 N–H and O–H groups in total. The van der Waals surface area contributed by atoms with Gasteiger partial charge in [0.2, 0.25) is 0 Å². The van der Waals surface area contributed by atoms with Gasteiger partial charge in [-0.05, 0) is 37.4 Å². The van der Waals surface area contributed by atoms with Crippen LogP contribution in [-0.4, -0.2) is 13.7 Å². The first-order valence-corrected chi connectivity index (χ1v) is 7.60. The first-order chi connectivity index (χ1) is 8.74. The van der Waals surface area contributed by atoms with Crippen LogP contribution in [0.3, 0.4) is 0 Å². The van der Waals surface area contributed by atoms with Gasteiger partial charge in [0, 0.05) is 16.1 Å². The summed E-state index contributed by atoms with van der Waals surface area (Å²) in [7, 11) is 1.75. The van der Waals surface area contributed by atoms with E-state index >= 15 is 0 Å². The Balaban J connectivity index is 2.11. The third-order valence-electron chi connectivity index (χ3n) is 3.58. The second-order valence-corrected chi connectivity index (χ2v) is 5.93. The number of benzene rings is 1. The number of hydrogen-bond donors (Lipinski definition) is 1. The molecule has 1 unspecified atom stereocenters. The molecule has 2 nitrogen and oxygen atoms in total. The van der Waals surface area contributed by atoms with Crippen molar-refractivity contribution < 1.29 is 4.74 Å². The van der Waals surface area contributed by atoms with Crippen LogP contribution in [0, 0.1) is 5.92 Å². The van der Waals surface area contributed by atoms with Gasteiger partial charge in [0.05, 0.1) is 7.11 Å². The Morgan fingerprint density at radius 1 is 1.44 bits per heavy atom. The normalized spacial score (nSPS) is 16.6. The fourth-order valence-corrected chi connectivity index (χ4v) is 2.74. The Hall–Kier alpha value is -0.540. The van der Waals surface area contributed by atoms with Crippen molar-refractivity contribution in [1.29, 1.82) is 0 Å². The van der Waals surface area contributed by atoms with Crippen LogP contribution in [-0.2, 0) is 0 Å². The van der Waals surface area contributed by atoms with Crippen LogP contribution in [0.2, 0.25) is 0 Å². The molecule has 1 fully saturated rings. The predicted molar refractivity (Wildman–Crippen MR) is 79.1 cm³/mol. The van der Waals surface area contributed by atoms with E-state index in [1.807, 2.05) is 0 Å². The number of halogens is 1. The molecule has 0 bridgehead atoms. The SMILES string of the molecule is CCNC(CCC1CC1)c1ccc(Br)cc1OC. The van der Waals surface area contributed by atoms with Crippen LogP contribution < -0.4 is 10.1 Å². The van der Waals surface area contributed by atoms with Crippen molar-refractivity contribution in [3.8, 4) is 5.75 Å². The third kappa shape index (κ3) is 3.72. The summed E-state index contributed by atoms with van der Waals surface area (Å²) in [4.78, 5) is 0. The highest BCUT2D eigenvalue weighted by atomic mass is 79.9. The monoisotopic (exact) mass is 311 g/mol. The van der Waals surface area contributed by atoms with Crippen LogP contribution in [0.1, 0.15) is 44.2 Å². The van der Waals surface area contributed by atoms with Gasteiger partial charge < -0.3 is 10.1 Å². The summed E-state index contributed by atoms with van der Waals surface area (Å²) in [5.41, 5.74) is 1.28. The summed E-state index contributed by atoms with van der Waals surface area (Å²) in [6, 6.07) is 6.73. The Morgan fingerprint density at radius 2 is 2.22 bits per heavy atom. The molecule has 1 aromatic rings. The second kappa shape index (κ2) is 6.58. The molecular weight excluding hydrogens is 290 g/mol. The fourth-order valence-electron chi connectivity index (χ4n) is 2.40. The van der Waals surface area contributed by atoms with E-state index in [2.05, 4.69) is 46.4 Å². The number of ether oxygens (including phenoxy) is 1. The molecule has 0 heterocycles. The van der Waals surface area contributed by atoms with Gasteiger partial charge in [-0.2, -0.15) is 0 Å². The molecule has 1 aliphatic rings. The average molecular weight is 312 g/mol. The lowest BCUT2D eigenvalue weighted by Gasteiger charge is -2.21. The molecular formula is C15H22BrNO. The Bertz CT molecular complexity index is 390. The summed E-state index contributed by atoms with van der Waals surface area (Å²) >= 11 is 3.50. The molecule has 1 saturated carbocycles. The first kappa shape index (κ1) is 13.9. The molecule has 0 amide bonds. The highest BCUT2D eigenvalue weighted by Gasteiger charge is 2.24. The van der Waals surface area contributed by atoms with Gasteiger partial charge >= 0.3 is 0 Å². The third-order valence-corrected chi connectivity index (χ3v) is 4.08. The largest absolute Gasteiger partial charge is 0.496 e. The van der Waals surface area contributed by atoms with E-state index in [9.17, 15) is 0 Å². The summed E-state index contributed by atoms with van der Waals surface area (Å²) in [5.74, 6) is 1.96. The van der Waals surface area contributed by atoms with Crippen molar-refractivity contribution in [2.45, 2.75) is 38.6 Å². The standard InChI is InChI=1S/C15H22BrNO/c1-3-17-14(9-6-11-4-5-11)13-8-7-12(16)10-15(13)18-2/h7-8,10-11,14,17H,3-6,9H2,1-2H3. The maximum Gasteiger partial charge on any atom is 0.124 e. The first-order valence-electron chi connectivity index (χ1n) is 6.81. The van der Waals surface area contributed by atoms with Gasteiger partial charge in [-0.15, -0.1) is 0 Å². The smallest absolute Gasteiger partial charge is 0.124 e. The van der Waals surface area contributed by atoms with Gasteiger partial charge in [0.15, 0.2) is 0 Å². The van der Waals surface area contributed by atoms with Crippen molar-refractivity contribution >= 4 is 15.9 Å². The maximum absolute atomic E-state index is 5.51. The molecule has 1 aliphatic carbocycles. The number of rotatable bonds is 7. The van der Waals surface area contributed by atoms with Gasteiger partial charge in [-0.25, -0.2) is 0 Å². The fraction of sp³-hybridized carbons (Fsp3) is 0.600. The van der Waals surface area contributed by atoms with Crippen molar-refractivity contribution in [3.05, 3.63) is 28.2 Å². The molecule has 0 aromatic heterocycles. The van der Waals surface area contributed by atoms with Gasteiger partial charge in [-0.3, -0.25) is 0 Å². The van der Waals surface area contributed by atoms with Crippen LogP contribution in [0.25, 0.3) is 0 Å². The van der Waals surface area contributed by atoms with Gasteiger partial charge in [-0.1, -0.05) is 41.8 Å². The van der Waals surface area contributed by atoms with E-state index in [1.54, 1.807) is 7.11 Å². The van der Waals surface area contributed by atoms with Crippen LogP contribution in [0.5, 0.6) is 5.75 Å². The zero-order valence-corrected chi connectivity index (χ0v) is 12.8. The second-order valence-electron chi connectivity index (χ2n) is 5.02. The molecule has 1 aromatic carbocycles. The molecule has 100 valence electrons. The minimum absolute atomic E-state index is 0.415. The Kier molecular flexibility index (Phi) is 5.07. The van der Waals surface area contributed by atoms with Crippen molar-refractivity contribution in [2.75, 3.05) is 13.7 Å². The van der Waals surface area contributed by atoms with E-state index in [4.69, 9.17) is 4.74 Å². The minimum Gasteiger partial charge on any atom is -0.496 e. The Morgan fingerprint density at radius 3 is 2.83 bits per heavy atom. The van der Waals surface area contributed by atoms with Crippen molar-refractivity contribution in [3.63, 3.8) is 0 Å². The summed E-state index contributed by atoms with van der Waals surface area (Å²) in [5, 5.41) is 3.58. The van der Waals surface area contributed by atoms with Crippen LogP contribution in [0.15, 0.2) is 22.7 Å². The summed E-state index contributed by atoms with van der Waals surface area (Å²) in [6.07, 6.45) is 5.39. The topological polar surface area (TPSA) is 21.3 Å². The number of hydrogen-bond acceptors (Lipinski definition) is 2. The minimum atomic E-state index is 0.415. The van der Waals surface area contributed by atoms with Gasteiger partial charge in [0.1, 0.15) is 5.75 Å². The van der Waals surface area contributed by atoms with Gasteiger partial charge in [0.25, 0.3) is 0 Å². The number of methoxy groups -OCH3 is 1. The molecule has 0 aliphatic heterocycles. The van der Waals surface area contributed by atoms with E-state index in [1.165, 1.54) is 31.2 Å². The van der Waals surface area contributed by atoms with Crippen LogP contribution >= 0.6 is 15.9 Å². The van der Waals surface area contributed by atoms with E-state index < -0.39 is 0 Å². The highest BCUT2D eigenvalue weighted by Crippen LogP contribution is 2.37. The quantitative estimate of drug-likeness (QED) is 0.810. The predicted octanol–water partition coefficient (Wildman–Crippen LogP) is 4.30. The lowest BCUT2D eigenvalue weighted by Crippen LogP contribution is -2.21. The molecule has 18 heavy (non-hydrogen) atoms. The lowest BCUT2D eigenvalue weighted by molar-refractivity contribution is 0.392. The lowest BCUT2D eigenvalue weighted by atomic mass is 9.99. The van der Waals surface area contributed by atoms with E-state index in [-0.39, 0.29) is 0 Å². The van der Waals surface area contributed by atoms with Crippen molar-refractivity contribution in [2.24, 2.45) is 5.92 Å². The zero-order chi connectivity index (χ0) is 13.0. The summed E-state index contributed by atoms with van der Waals surface area (Å²) < 4.78 is 6.58. The molecule has 2 rings (SSSR count). The molecule has 3 heteroatoms. The maximum atomic E-state index is 5.51. The molecule has 0 spiro atoms. The number of nitrogens with one attached hydrogen (secondary N) is 1. The molecule has 0 saturated heterocycles. The van der Waals surface area contributed by atoms with Crippen LogP contribution in [0.4, 0.5) is 0 Å². The highest BCUT2D eigenvalue weighted by molar-refractivity contribution is 9.10.